The zero-order valence-corrected chi connectivity index (χ0v) is 21.1. The zero-order chi connectivity index (χ0) is 24.2. The second kappa shape index (κ2) is 8.69. The highest BCUT2D eigenvalue weighted by molar-refractivity contribution is 8.01. The van der Waals surface area contributed by atoms with Gasteiger partial charge in [0.15, 0.2) is 4.34 Å². The second-order valence-corrected chi connectivity index (χ2v) is 11.6. The van der Waals surface area contributed by atoms with Gasteiger partial charge >= 0.3 is 5.63 Å². The van der Waals surface area contributed by atoms with Gasteiger partial charge in [-0.15, -0.1) is 11.3 Å². The summed E-state index contributed by atoms with van der Waals surface area (Å²) in [6.45, 7) is 0. The average Bonchev–Trinajstić information content (AvgIpc) is 3.80. The monoisotopic (exact) mass is 507 g/mol. The van der Waals surface area contributed by atoms with Crippen molar-refractivity contribution < 1.29 is 19.0 Å². The third-order valence-electron chi connectivity index (χ3n) is 6.86. The summed E-state index contributed by atoms with van der Waals surface area (Å²) in [7, 11) is 3.19. The smallest absolute Gasteiger partial charge is 0.336 e. The Morgan fingerprint density at radius 1 is 1.03 bits per heavy atom. The standard InChI is InChI=1S/C27H25NO5S2/c1-31-18-9-15(10-19(11-18)32-2)22-13-25(29)33-23-12-20(7-8-21(22)23)34-26-28-14-24(35-26)27(30,16-3-4-16)17-5-6-17/h7-14,16-17,30H,3-6H2,1-2H3. The molecule has 2 saturated carbocycles. The first-order valence-electron chi connectivity index (χ1n) is 11.7. The molecular formula is C27H25NO5S2. The Morgan fingerprint density at radius 3 is 2.34 bits per heavy atom. The number of rotatable bonds is 8. The van der Waals surface area contributed by atoms with E-state index in [9.17, 15) is 9.90 Å². The molecule has 4 aromatic rings. The molecule has 2 aliphatic carbocycles. The highest BCUT2D eigenvalue weighted by atomic mass is 32.2. The molecule has 35 heavy (non-hydrogen) atoms. The summed E-state index contributed by atoms with van der Waals surface area (Å²) in [5.41, 5.74) is 0.929. The van der Waals surface area contributed by atoms with Gasteiger partial charge in [0.05, 0.1) is 19.1 Å². The highest BCUT2D eigenvalue weighted by Crippen LogP contribution is 2.58. The van der Waals surface area contributed by atoms with Crippen LogP contribution in [0, 0.1) is 11.8 Å². The number of hydrogen-bond donors (Lipinski definition) is 1. The molecular weight excluding hydrogens is 482 g/mol. The summed E-state index contributed by atoms with van der Waals surface area (Å²) in [5, 5.41) is 12.2. The van der Waals surface area contributed by atoms with Gasteiger partial charge in [0.2, 0.25) is 0 Å². The van der Waals surface area contributed by atoms with Crippen molar-refractivity contribution in [3.63, 3.8) is 0 Å². The summed E-state index contributed by atoms with van der Waals surface area (Å²) in [6.07, 6.45) is 6.23. The Labute approximate surface area is 210 Å². The molecule has 2 aromatic heterocycles. The van der Waals surface area contributed by atoms with Gasteiger partial charge in [-0.1, -0.05) is 11.8 Å². The Hall–Kier alpha value is -2.81. The van der Waals surface area contributed by atoms with Crippen molar-refractivity contribution in [2.24, 2.45) is 11.8 Å². The molecule has 2 aromatic carbocycles. The second-order valence-electron chi connectivity index (χ2n) is 9.20. The number of aliphatic hydroxyl groups is 1. The van der Waals surface area contributed by atoms with Gasteiger partial charge in [0.25, 0.3) is 0 Å². The molecule has 0 bridgehead atoms. The minimum atomic E-state index is -0.709. The Morgan fingerprint density at radius 2 is 1.71 bits per heavy atom. The van der Waals surface area contributed by atoms with Gasteiger partial charge in [-0.25, -0.2) is 9.78 Å². The van der Waals surface area contributed by atoms with Crippen molar-refractivity contribution in [1.82, 2.24) is 4.98 Å². The number of thiazole rings is 1. The fourth-order valence-corrected chi connectivity index (χ4v) is 7.01. The van der Waals surface area contributed by atoms with Crippen LogP contribution in [0.25, 0.3) is 22.1 Å². The van der Waals surface area contributed by atoms with Gasteiger partial charge < -0.3 is 19.0 Å². The maximum atomic E-state index is 12.4. The quantitative estimate of drug-likeness (QED) is 0.289. The largest absolute Gasteiger partial charge is 0.497 e. The first-order chi connectivity index (χ1) is 17.0. The van der Waals surface area contributed by atoms with E-state index in [1.165, 1.54) is 17.8 Å². The molecule has 2 heterocycles. The Balaban J connectivity index is 1.33. The predicted octanol–water partition coefficient (Wildman–Crippen LogP) is 6.09. The average molecular weight is 508 g/mol. The number of methoxy groups -OCH3 is 2. The Kier molecular flexibility index (Phi) is 5.62. The van der Waals surface area contributed by atoms with E-state index in [4.69, 9.17) is 13.9 Å². The maximum Gasteiger partial charge on any atom is 0.336 e. The molecule has 6 rings (SSSR count). The van der Waals surface area contributed by atoms with Crippen LogP contribution in [0.3, 0.4) is 0 Å². The summed E-state index contributed by atoms with van der Waals surface area (Å²) >= 11 is 3.09. The van der Waals surface area contributed by atoms with Gasteiger partial charge in [-0.2, -0.15) is 0 Å². The first kappa shape index (κ1) is 22.6. The van der Waals surface area contributed by atoms with Crippen LogP contribution in [0.1, 0.15) is 30.6 Å². The van der Waals surface area contributed by atoms with E-state index in [0.717, 1.165) is 56.3 Å². The van der Waals surface area contributed by atoms with Crippen LogP contribution in [-0.4, -0.2) is 24.3 Å². The third kappa shape index (κ3) is 4.24. The molecule has 2 fully saturated rings. The Bertz CT molecular complexity index is 1430. The highest BCUT2D eigenvalue weighted by Gasteiger charge is 2.55. The van der Waals surface area contributed by atoms with Crippen molar-refractivity contribution in [2.75, 3.05) is 14.2 Å². The van der Waals surface area contributed by atoms with Crippen molar-refractivity contribution in [3.05, 3.63) is 64.0 Å². The van der Waals surface area contributed by atoms with E-state index in [1.807, 2.05) is 36.5 Å². The summed E-state index contributed by atoms with van der Waals surface area (Å²) in [4.78, 5) is 18.9. The fraction of sp³-hybridized carbons (Fsp3) is 0.333. The molecule has 0 saturated heterocycles. The van der Waals surface area contributed by atoms with Crippen LogP contribution in [-0.2, 0) is 5.60 Å². The zero-order valence-electron chi connectivity index (χ0n) is 19.4. The summed E-state index contributed by atoms with van der Waals surface area (Å²) in [5.74, 6) is 2.03. The van der Waals surface area contributed by atoms with Crippen molar-refractivity contribution >= 4 is 34.1 Å². The van der Waals surface area contributed by atoms with Gasteiger partial charge in [0, 0.05) is 34.2 Å². The van der Waals surface area contributed by atoms with E-state index in [2.05, 4.69) is 4.98 Å². The van der Waals surface area contributed by atoms with E-state index in [1.54, 1.807) is 31.6 Å². The molecule has 1 N–H and O–H groups in total. The topological polar surface area (TPSA) is 81.8 Å². The van der Waals surface area contributed by atoms with Crippen molar-refractivity contribution in [1.29, 1.82) is 0 Å². The lowest BCUT2D eigenvalue weighted by atomic mass is 9.90. The lowest BCUT2D eigenvalue weighted by Crippen LogP contribution is -2.29. The molecule has 0 atom stereocenters. The van der Waals surface area contributed by atoms with Crippen LogP contribution in [0.2, 0.25) is 0 Å². The number of hydrogen-bond acceptors (Lipinski definition) is 8. The lowest BCUT2D eigenvalue weighted by Gasteiger charge is -2.26. The van der Waals surface area contributed by atoms with Crippen molar-refractivity contribution in [2.45, 2.75) is 40.5 Å². The third-order valence-corrected chi connectivity index (χ3v) is 9.06. The van der Waals surface area contributed by atoms with Crippen LogP contribution >= 0.6 is 23.1 Å². The normalized spacial score (nSPS) is 16.0. The first-order valence-corrected chi connectivity index (χ1v) is 13.3. The van der Waals surface area contributed by atoms with E-state index < -0.39 is 11.2 Å². The van der Waals surface area contributed by atoms with Crippen LogP contribution in [0.5, 0.6) is 11.5 Å². The number of ether oxygens (including phenoxy) is 2. The molecule has 0 radical (unpaired) electrons. The van der Waals surface area contributed by atoms with Crippen molar-refractivity contribution in [3.8, 4) is 22.6 Å². The lowest BCUT2D eigenvalue weighted by molar-refractivity contribution is -0.00681. The summed E-state index contributed by atoms with van der Waals surface area (Å²) < 4.78 is 17.2. The SMILES string of the molecule is COc1cc(OC)cc(-c2cc(=O)oc3cc(Sc4ncc(C(O)(C5CC5)C5CC5)s4)ccc23)c1. The number of benzene rings is 2. The van der Waals surface area contributed by atoms with Crippen LogP contribution in [0.15, 0.2) is 67.1 Å². The fourth-order valence-electron chi connectivity index (χ4n) is 4.78. The number of fused-ring (bicyclic) bond motifs is 1. The minimum absolute atomic E-state index is 0.372. The molecule has 8 heteroatoms. The number of aromatic nitrogens is 1. The predicted molar refractivity (Wildman–Crippen MR) is 137 cm³/mol. The molecule has 0 spiro atoms. The molecule has 0 unspecified atom stereocenters. The minimum Gasteiger partial charge on any atom is -0.497 e. The molecule has 0 aliphatic heterocycles. The van der Waals surface area contributed by atoms with E-state index in [0.29, 0.717) is 28.9 Å². The van der Waals surface area contributed by atoms with E-state index in [-0.39, 0.29) is 0 Å². The molecule has 2 aliphatic rings. The van der Waals surface area contributed by atoms with E-state index >= 15 is 0 Å². The van der Waals surface area contributed by atoms with Crippen LogP contribution < -0.4 is 15.1 Å². The molecule has 6 nitrogen and oxygen atoms in total. The molecule has 180 valence electrons. The van der Waals surface area contributed by atoms with Gasteiger partial charge in [-0.3, -0.25) is 0 Å². The van der Waals surface area contributed by atoms with Crippen LogP contribution in [0.4, 0.5) is 0 Å². The molecule has 0 amide bonds. The van der Waals surface area contributed by atoms with Gasteiger partial charge in [0.1, 0.15) is 22.7 Å². The maximum absolute atomic E-state index is 12.4. The van der Waals surface area contributed by atoms with Gasteiger partial charge in [-0.05, 0) is 73.4 Å². The number of nitrogens with zero attached hydrogens (tertiary/aromatic N) is 1. The summed E-state index contributed by atoms with van der Waals surface area (Å²) in [6, 6.07) is 12.9.